The first-order valence-electron chi connectivity index (χ1n) is 14.4. The molecule has 4 aliphatic rings. The summed E-state index contributed by atoms with van der Waals surface area (Å²) < 4.78 is 1.48. The first kappa shape index (κ1) is 28.8. The van der Waals surface area contributed by atoms with E-state index in [4.69, 9.17) is 0 Å². The molecular weight excluding hydrogens is 689 g/mol. The van der Waals surface area contributed by atoms with Gasteiger partial charge in [-0.3, -0.25) is 0 Å². The molecule has 38 heavy (non-hydrogen) atoms. The molecule has 0 heterocycles. The molecule has 7 rings (SSSR count). The molecule has 1 atom stereocenters. The second kappa shape index (κ2) is 12.9. The van der Waals surface area contributed by atoms with Crippen LogP contribution in [0.2, 0.25) is 0 Å². The van der Waals surface area contributed by atoms with Gasteiger partial charge >= 0.3 is 231 Å². The van der Waals surface area contributed by atoms with Crippen molar-refractivity contribution < 1.29 is 47.7 Å². The zero-order valence-electron chi connectivity index (χ0n) is 22.1. The molecule has 0 aromatic heterocycles. The van der Waals surface area contributed by atoms with Gasteiger partial charge in [-0.2, -0.15) is 0 Å². The van der Waals surface area contributed by atoms with Crippen molar-refractivity contribution in [2.45, 2.75) is 82.9 Å². The molecule has 0 saturated heterocycles. The zero-order chi connectivity index (χ0) is 23.9. The van der Waals surface area contributed by atoms with E-state index in [1.165, 1.54) is 75.3 Å². The Bertz CT molecular complexity index is 1210. The fourth-order valence-corrected chi connectivity index (χ4v) is 20.7. The Labute approximate surface area is 254 Å². The predicted octanol–water partition coefficient (Wildman–Crippen LogP) is 4.09. The van der Waals surface area contributed by atoms with Gasteiger partial charge in [0, 0.05) is 0 Å². The Kier molecular flexibility index (Phi) is 9.74. The van der Waals surface area contributed by atoms with Gasteiger partial charge in [0.1, 0.15) is 0 Å². The first-order valence-corrected chi connectivity index (χ1v) is 20.0. The molecule has 4 aliphatic carbocycles. The molecule has 0 spiro atoms. The quantitative estimate of drug-likeness (QED) is 0.275. The van der Waals surface area contributed by atoms with Gasteiger partial charge in [-0.25, -0.2) is 0 Å². The number of hydrogen-bond donors (Lipinski definition) is 0. The minimum atomic E-state index is -1.16. The first-order chi connectivity index (χ1) is 17.9. The third kappa shape index (κ3) is 5.32. The number of fused-ring (bicyclic) bond motifs is 4. The molecule has 0 radical (unpaired) electrons. The Morgan fingerprint density at radius 2 is 1.00 bits per heavy atom. The van der Waals surface area contributed by atoms with Gasteiger partial charge in [0.15, 0.2) is 0 Å². The summed E-state index contributed by atoms with van der Waals surface area (Å²) in [6.45, 7) is 0. The summed E-state index contributed by atoms with van der Waals surface area (Å²) in [5.41, 5.74) is 11.6. The van der Waals surface area contributed by atoms with Crippen LogP contribution in [0.1, 0.15) is 93.8 Å². The predicted molar refractivity (Wildman–Crippen MR) is 152 cm³/mol. The van der Waals surface area contributed by atoms with Crippen LogP contribution in [-0.4, -0.2) is 11.3 Å². The second-order valence-corrected chi connectivity index (χ2v) is 19.5. The molecule has 0 amide bonds. The molecule has 0 bridgehead atoms. The van der Waals surface area contributed by atoms with Crippen molar-refractivity contribution in [1.82, 2.24) is 0 Å². The van der Waals surface area contributed by atoms with Crippen LogP contribution in [0.4, 0.5) is 0 Å². The van der Waals surface area contributed by atoms with Crippen molar-refractivity contribution in [3.8, 4) is 11.1 Å². The summed E-state index contributed by atoms with van der Waals surface area (Å²) in [6.07, 6.45) is 17.6. The molecule has 3 aromatic rings. The largest absolute Gasteiger partial charge is 1.00 e. The van der Waals surface area contributed by atoms with Crippen LogP contribution < -0.4 is 24.8 Å². The van der Waals surface area contributed by atoms with E-state index in [9.17, 15) is 0 Å². The topological polar surface area (TPSA) is 0 Å². The van der Waals surface area contributed by atoms with Gasteiger partial charge < -0.3 is 24.8 Å². The zero-order valence-corrected chi connectivity index (χ0v) is 28.1. The van der Waals surface area contributed by atoms with Crippen LogP contribution in [0, 0.1) is 0 Å². The average molecular weight is 726 g/mol. The summed E-state index contributed by atoms with van der Waals surface area (Å²) >= 11 is -1.16. The van der Waals surface area contributed by atoms with Crippen LogP contribution >= 0.6 is 7.92 Å². The van der Waals surface area contributed by atoms with Crippen molar-refractivity contribution in [1.29, 1.82) is 0 Å². The van der Waals surface area contributed by atoms with Crippen molar-refractivity contribution in [2.24, 2.45) is 0 Å². The molecule has 4 heteroatoms. The molecular formula is C34H37Cl2HfP. The molecule has 2 fully saturated rings. The summed E-state index contributed by atoms with van der Waals surface area (Å²) in [7, 11) is -0.0288. The van der Waals surface area contributed by atoms with Gasteiger partial charge in [-0.05, 0) is 0 Å². The van der Waals surface area contributed by atoms with Crippen LogP contribution in [0.25, 0.3) is 17.2 Å². The van der Waals surface area contributed by atoms with Crippen molar-refractivity contribution in [3.63, 3.8) is 0 Å². The number of rotatable bonds is 5. The molecule has 3 aromatic carbocycles. The second-order valence-electron chi connectivity index (χ2n) is 11.4. The fourth-order valence-electron chi connectivity index (χ4n) is 7.65. The minimum Gasteiger partial charge on any atom is -1.00 e. The van der Waals surface area contributed by atoms with Crippen LogP contribution in [0.5, 0.6) is 0 Å². The fraction of sp³-hybridized carbons (Fsp3) is 0.412. The van der Waals surface area contributed by atoms with Gasteiger partial charge in [-0.15, -0.1) is 0 Å². The van der Waals surface area contributed by atoms with E-state index in [0.29, 0.717) is 3.67 Å². The average Bonchev–Trinajstić information content (AvgIpc) is 3.46. The van der Waals surface area contributed by atoms with Crippen LogP contribution in [0.3, 0.4) is 0 Å². The maximum atomic E-state index is 2.76. The summed E-state index contributed by atoms with van der Waals surface area (Å²) in [6, 6.07) is 28.3. The third-order valence-corrected chi connectivity index (χ3v) is 20.6. The van der Waals surface area contributed by atoms with Crippen LogP contribution in [0.15, 0.2) is 78.1 Å². The number of allylic oxidation sites excluding steroid dienone is 1. The molecule has 0 N–H and O–H groups in total. The maximum absolute atomic E-state index is 2.76. The normalized spacial score (nSPS) is 21.0. The van der Waals surface area contributed by atoms with Gasteiger partial charge in [0.05, 0.1) is 0 Å². The van der Waals surface area contributed by atoms with E-state index < -0.39 is 22.9 Å². The van der Waals surface area contributed by atoms with Gasteiger partial charge in [0.2, 0.25) is 0 Å². The molecule has 0 nitrogen and oxygen atoms in total. The van der Waals surface area contributed by atoms with Gasteiger partial charge in [-0.1, -0.05) is 0 Å². The Balaban J connectivity index is 0.00000147. The smallest absolute Gasteiger partial charge is 1.00 e. The van der Waals surface area contributed by atoms with Crippen molar-refractivity contribution in [3.05, 3.63) is 100 Å². The number of benzene rings is 3. The van der Waals surface area contributed by atoms with E-state index in [1.54, 1.807) is 22.3 Å². The van der Waals surface area contributed by atoms with Crippen molar-refractivity contribution >= 4 is 14.0 Å². The Morgan fingerprint density at radius 1 is 0.526 bits per heavy atom. The van der Waals surface area contributed by atoms with E-state index in [-0.39, 0.29) is 32.7 Å². The summed E-state index contributed by atoms with van der Waals surface area (Å²) in [4.78, 5) is 0. The molecule has 0 aliphatic heterocycles. The van der Waals surface area contributed by atoms with Gasteiger partial charge in [0.25, 0.3) is 0 Å². The Morgan fingerprint density at radius 3 is 1.55 bits per heavy atom. The van der Waals surface area contributed by atoms with E-state index >= 15 is 0 Å². The standard InChI is InChI=1S/C21H28P.C13H9.2ClH.Hf/c1-3-11-19(12-4-1)22(20-13-5-2-6-14-20)21-15-17-9-7-8-10-18(17)16-21;1-3-7-12-10(5-1)9-11-6-2-4-8-13(11)12;;;/h7-10,15-16,19-20H,1-6,11-14H2;1-9H;2*1H;/q;;;;+2/p-2. The summed E-state index contributed by atoms with van der Waals surface area (Å²) in [5.74, 6) is 0. The minimum absolute atomic E-state index is 0. The van der Waals surface area contributed by atoms with Crippen LogP contribution in [-0.2, 0) is 22.9 Å². The van der Waals surface area contributed by atoms with E-state index in [1.807, 2.05) is 5.31 Å². The molecule has 1 unspecified atom stereocenters. The van der Waals surface area contributed by atoms with E-state index in [2.05, 4.69) is 78.9 Å². The number of halogens is 2. The molecule has 2 saturated carbocycles. The van der Waals surface area contributed by atoms with Crippen molar-refractivity contribution in [2.75, 3.05) is 0 Å². The molecule has 196 valence electrons. The monoisotopic (exact) mass is 726 g/mol. The third-order valence-electron chi connectivity index (χ3n) is 9.31. The maximum Gasteiger partial charge on any atom is -1.00 e. The SMILES string of the molecule is C1=C(P(C2CCCCC2)C2CCCCC2)[CH]([Hf+2][CH]2c3ccccc3-c3ccccc32)c2ccccc21.[Cl-].[Cl-]. The number of hydrogen-bond acceptors (Lipinski definition) is 0. The summed E-state index contributed by atoms with van der Waals surface area (Å²) in [5, 5.41) is 1.97. The Hall–Kier alpha value is -0.720. The van der Waals surface area contributed by atoms with E-state index in [0.717, 1.165) is 15.0 Å².